The van der Waals surface area contributed by atoms with E-state index in [2.05, 4.69) is 10.3 Å². The second-order valence-electron chi connectivity index (χ2n) is 7.92. The molecule has 0 saturated heterocycles. The van der Waals surface area contributed by atoms with Gasteiger partial charge < -0.3 is 19.4 Å². The van der Waals surface area contributed by atoms with E-state index in [0.717, 1.165) is 11.3 Å². The molecular formula is C24H30N4O5S. The molecule has 0 radical (unpaired) electrons. The van der Waals surface area contributed by atoms with Crippen molar-refractivity contribution in [1.82, 2.24) is 13.9 Å². The van der Waals surface area contributed by atoms with Gasteiger partial charge in [0.25, 0.3) is 0 Å². The van der Waals surface area contributed by atoms with Crippen LogP contribution in [0.2, 0.25) is 0 Å². The van der Waals surface area contributed by atoms with Crippen molar-refractivity contribution in [2.45, 2.75) is 45.1 Å². The van der Waals surface area contributed by atoms with E-state index < -0.39 is 10.0 Å². The topological polar surface area (TPSA) is 103 Å². The highest BCUT2D eigenvalue weighted by molar-refractivity contribution is 7.89. The Kier molecular flexibility index (Phi) is 7.08. The summed E-state index contributed by atoms with van der Waals surface area (Å²) in [4.78, 5) is 17.5. The lowest BCUT2D eigenvalue weighted by atomic mass is 10.2. The van der Waals surface area contributed by atoms with E-state index in [4.69, 9.17) is 9.47 Å². The molecule has 0 spiro atoms. The third-order valence-corrected chi connectivity index (χ3v) is 7.91. The molecule has 0 unspecified atom stereocenters. The standard InChI is InChI=1S/C24H30N4O5S/c1-4-27(5-2)34(30,31)18-8-9-20-19(16-18)26-23(28(20)6-3)11-12-24(29)25-17-7-10-21-22(15-17)33-14-13-32-21/h7-10,15-16H,4-6,11-14H2,1-3H3,(H,25,29). The second-order valence-corrected chi connectivity index (χ2v) is 9.86. The van der Waals surface area contributed by atoms with Crippen LogP contribution >= 0.6 is 0 Å². The number of nitrogens with one attached hydrogen (secondary N) is 1. The Morgan fingerprint density at radius 2 is 1.79 bits per heavy atom. The molecule has 1 N–H and O–H groups in total. The summed E-state index contributed by atoms with van der Waals surface area (Å²) < 4.78 is 40.3. The highest BCUT2D eigenvalue weighted by Crippen LogP contribution is 2.32. The van der Waals surface area contributed by atoms with Crippen molar-refractivity contribution in [2.24, 2.45) is 0 Å². The van der Waals surface area contributed by atoms with Gasteiger partial charge in [-0.1, -0.05) is 13.8 Å². The third-order valence-electron chi connectivity index (χ3n) is 5.86. The monoisotopic (exact) mass is 486 g/mol. The number of nitrogens with zero attached hydrogens (tertiary/aromatic N) is 3. The molecule has 2 heterocycles. The predicted octanol–water partition coefficient (Wildman–Crippen LogP) is 3.43. The number of carbonyl (C=O) groups is 1. The number of fused-ring (bicyclic) bond motifs is 2. The smallest absolute Gasteiger partial charge is 0.243 e. The van der Waals surface area contributed by atoms with E-state index >= 15 is 0 Å². The molecule has 3 aromatic rings. The van der Waals surface area contributed by atoms with Gasteiger partial charge in [-0.3, -0.25) is 4.79 Å². The van der Waals surface area contributed by atoms with Gasteiger partial charge in [0, 0.05) is 44.2 Å². The fourth-order valence-corrected chi connectivity index (χ4v) is 5.62. The number of sulfonamides is 1. The number of anilines is 1. The zero-order valence-electron chi connectivity index (χ0n) is 19.7. The lowest BCUT2D eigenvalue weighted by Gasteiger charge is -2.19. The number of hydrogen-bond acceptors (Lipinski definition) is 6. The van der Waals surface area contributed by atoms with Gasteiger partial charge in [0.1, 0.15) is 19.0 Å². The van der Waals surface area contributed by atoms with Gasteiger partial charge in [-0.2, -0.15) is 4.31 Å². The fourth-order valence-electron chi connectivity index (χ4n) is 4.15. The molecule has 9 nitrogen and oxygen atoms in total. The zero-order chi connectivity index (χ0) is 24.3. The van der Waals surface area contributed by atoms with Crippen molar-refractivity contribution in [3.8, 4) is 11.5 Å². The summed E-state index contributed by atoms with van der Waals surface area (Å²) in [6, 6.07) is 10.4. The molecule has 0 fully saturated rings. The molecule has 0 saturated carbocycles. The van der Waals surface area contributed by atoms with Crippen LogP contribution in [-0.4, -0.2) is 54.5 Å². The number of hydrogen-bond donors (Lipinski definition) is 1. The van der Waals surface area contributed by atoms with Crippen LogP contribution < -0.4 is 14.8 Å². The van der Waals surface area contributed by atoms with E-state index in [9.17, 15) is 13.2 Å². The maximum Gasteiger partial charge on any atom is 0.243 e. The van der Waals surface area contributed by atoms with Crippen LogP contribution in [0, 0.1) is 0 Å². The second kappa shape index (κ2) is 10.0. The minimum atomic E-state index is -3.57. The molecule has 182 valence electrons. The molecule has 0 bridgehead atoms. The summed E-state index contributed by atoms with van der Waals surface area (Å²) >= 11 is 0. The summed E-state index contributed by atoms with van der Waals surface area (Å²) in [6.07, 6.45) is 0.666. The van der Waals surface area contributed by atoms with Crippen LogP contribution in [0.1, 0.15) is 33.0 Å². The number of aryl methyl sites for hydroxylation is 2. The van der Waals surface area contributed by atoms with Crippen molar-refractivity contribution in [2.75, 3.05) is 31.6 Å². The van der Waals surface area contributed by atoms with E-state index in [0.29, 0.717) is 62.0 Å². The Balaban J connectivity index is 1.50. The van der Waals surface area contributed by atoms with Crippen LogP contribution in [-0.2, 0) is 27.8 Å². The van der Waals surface area contributed by atoms with Crippen LogP contribution in [0.3, 0.4) is 0 Å². The average Bonchev–Trinajstić information content (AvgIpc) is 3.20. The maximum absolute atomic E-state index is 12.9. The van der Waals surface area contributed by atoms with Crippen molar-refractivity contribution < 1.29 is 22.7 Å². The maximum atomic E-state index is 12.9. The Morgan fingerprint density at radius 1 is 1.06 bits per heavy atom. The molecular weight excluding hydrogens is 456 g/mol. The molecule has 0 aliphatic carbocycles. The molecule has 34 heavy (non-hydrogen) atoms. The molecule has 2 aromatic carbocycles. The van der Waals surface area contributed by atoms with Gasteiger partial charge in [-0.15, -0.1) is 0 Å². The fraction of sp³-hybridized carbons (Fsp3) is 0.417. The van der Waals surface area contributed by atoms with Crippen molar-refractivity contribution in [1.29, 1.82) is 0 Å². The predicted molar refractivity (Wildman–Crippen MR) is 130 cm³/mol. The van der Waals surface area contributed by atoms with Crippen LogP contribution in [0.4, 0.5) is 5.69 Å². The minimum absolute atomic E-state index is 0.142. The van der Waals surface area contributed by atoms with Crippen LogP contribution in [0.5, 0.6) is 11.5 Å². The lowest BCUT2D eigenvalue weighted by Crippen LogP contribution is -2.30. The van der Waals surface area contributed by atoms with Crippen molar-refractivity contribution >= 4 is 32.7 Å². The summed E-state index contributed by atoms with van der Waals surface area (Å²) in [5.41, 5.74) is 2.10. The number of imidazole rings is 1. The number of amides is 1. The highest BCUT2D eigenvalue weighted by atomic mass is 32.2. The van der Waals surface area contributed by atoms with Gasteiger partial charge >= 0.3 is 0 Å². The molecule has 0 atom stereocenters. The quantitative estimate of drug-likeness (QED) is 0.497. The number of rotatable bonds is 9. The zero-order valence-corrected chi connectivity index (χ0v) is 20.5. The van der Waals surface area contributed by atoms with Gasteiger partial charge in [0.15, 0.2) is 11.5 Å². The number of benzene rings is 2. The Hall–Kier alpha value is -3.11. The average molecular weight is 487 g/mol. The van der Waals surface area contributed by atoms with Gasteiger partial charge in [0.2, 0.25) is 15.9 Å². The van der Waals surface area contributed by atoms with Crippen molar-refractivity contribution in [3.63, 3.8) is 0 Å². The Labute approximate surface area is 199 Å². The SMILES string of the molecule is CCN(CC)S(=O)(=O)c1ccc2c(c1)nc(CCC(=O)Nc1ccc3c(c1)OCCO3)n2CC. The summed E-state index contributed by atoms with van der Waals surface area (Å²) in [7, 11) is -3.57. The van der Waals surface area contributed by atoms with Crippen molar-refractivity contribution in [3.05, 3.63) is 42.2 Å². The van der Waals surface area contributed by atoms with E-state index in [1.54, 1.807) is 36.4 Å². The van der Waals surface area contributed by atoms with E-state index in [1.165, 1.54) is 4.31 Å². The van der Waals surface area contributed by atoms with Crippen LogP contribution in [0.25, 0.3) is 11.0 Å². The third kappa shape index (κ3) is 4.74. The lowest BCUT2D eigenvalue weighted by molar-refractivity contribution is -0.116. The van der Waals surface area contributed by atoms with E-state index in [-0.39, 0.29) is 17.2 Å². The van der Waals surface area contributed by atoms with Gasteiger partial charge in [0.05, 0.1) is 15.9 Å². The van der Waals surface area contributed by atoms with Crippen LogP contribution in [0.15, 0.2) is 41.3 Å². The molecule has 4 rings (SSSR count). The number of carbonyl (C=O) groups excluding carboxylic acids is 1. The first-order valence-corrected chi connectivity index (χ1v) is 13.0. The molecule has 1 aliphatic rings. The molecule has 10 heteroatoms. The van der Waals surface area contributed by atoms with Gasteiger partial charge in [-0.05, 0) is 37.3 Å². The first-order valence-electron chi connectivity index (χ1n) is 11.6. The number of ether oxygens (including phenoxy) is 2. The first kappa shape index (κ1) is 24.0. The summed E-state index contributed by atoms with van der Waals surface area (Å²) in [5, 5.41) is 2.89. The normalized spacial score (nSPS) is 13.4. The Morgan fingerprint density at radius 3 is 2.50 bits per heavy atom. The molecule has 1 amide bonds. The summed E-state index contributed by atoms with van der Waals surface area (Å²) in [6.45, 7) is 8.11. The summed E-state index contributed by atoms with van der Waals surface area (Å²) in [5.74, 6) is 1.89. The van der Waals surface area contributed by atoms with E-state index in [1.807, 2.05) is 25.3 Å². The highest BCUT2D eigenvalue weighted by Gasteiger charge is 2.23. The number of aromatic nitrogens is 2. The minimum Gasteiger partial charge on any atom is -0.486 e. The molecule has 1 aromatic heterocycles. The first-order chi connectivity index (χ1) is 16.4. The molecule has 1 aliphatic heterocycles. The largest absolute Gasteiger partial charge is 0.486 e. The van der Waals surface area contributed by atoms with Gasteiger partial charge in [-0.25, -0.2) is 13.4 Å². The Bertz CT molecular complexity index is 1300.